The molecule has 21 heavy (non-hydrogen) atoms. The second kappa shape index (κ2) is 5.70. The van der Waals surface area contributed by atoms with Gasteiger partial charge in [-0.2, -0.15) is 0 Å². The molecular formula is C18H21N3. The summed E-state index contributed by atoms with van der Waals surface area (Å²) in [5.41, 5.74) is 12.0. The van der Waals surface area contributed by atoms with Crippen LogP contribution in [0, 0.1) is 13.8 Å². The highest BCUT2D eigenvalue weighted by atomic mass is 15.0. The molecule has 0 saturated carbocycles. The molecule has 2 heterocycles. The van der Waals surface area contributed by atoms with E-state index in [0.29, 0.717) is 6.54 Å². The van der Waals surface area contributed by atoms with Gasteiger partial charge in [0.25, 0.3) is 0 Å². The zero-order valence-corrected chi connectivity index (χ0v) is 12.6. The van der Waals surface area contributed by atoms with Crippen LogP contribution in [0.1, 0.15) is 22.3 Å². The number of hydrogen-bond donors (Lipinski definition) is 1. The minimum absolute atomic E-state index is 0.664. The Bertz CT molecular complexity index is 751. The number of nitrogens with two attached hydrogens (primary N) is 1. The number of rotatable bonds is 4. The van der Waals surface area contributed by atoms with E-state index in [1.54, 1.807) is 0 Å². The maximum Gasteiger partial charge on any atom is 0.140 e. The molecule has 0 spiro atoms. The van der Waals surface area contributed by atoms with Gasteiger partial charge in [0.05, 0.1) is 0 Å². The minimum atomic E-state index is 0.664. The van der Waals surface area contributed by atoms with Crippen LogP contribution in [0.3, 0.4) is 0 Å². The second-order valence-electron chi connectivity index (χ2n) is 5.69. The van der Waals surface area contributed by atoms with Crippen LogP contribution in [0.15, 0.2) is 42.7 Å². The molecule has 0 aliphatic carbocycles. The van der Waals surface area contributed by atoms with Crippen molar-refractivity contribution >= 4 is 11.0 Å². The van der Waals surface area contributed by atoms with Gasteiger partial charge < -0.3 is 10.3 Å². The maximum atomic E-state index is 5.72. The van der Waals surface area contributed by atoms with Crippen LogP contribution >= 0.6 is 0 Å². The Morgan fingerprint density at radius 1 is 1.14 bits per heavy atom. The first kappa shape index (κ1) is 13.8. The molecule has 0 unspecified atom stereocenters. The van der Waals surface area contributed by atoms with Crippen LogP contribution in [-0.4, -0.2) is 16.1 Å². The van der Waals surface area contributed by atoms with Crippen LogP contribution in [0.2, 0.25) is 0 Å². The molecule has 3 rings (SSSR count). The first-order valence-electron chi connectivity index (χ1n) is 7.37. The Morgan fingerprint density at radius 2 is 1.90 bits per heavy atom. The summed E-state index contributed by atoms with van der Waals surface area (Å²) in [6.07, 6.45) is 4.94. The fraction of sp³-hybridized carbons (Fsp3) is 0.278. The Hall–Kier alpha value is -2.13. The lowest BCUT2D eigenvalue weighted by molar-refractivity contribution is 0.815. The Labute approximate surface area is 125 Å². The van der Waals surface area contributed by atoms with E-state index in [9.17, 15) is 0 Å². The van der Waals surface area contributed by atoms with Crippen molar-refractivity contribution in [1.29, 1.82) is 0 Å². The van der Waals surface area contributed by atoms with Crippen molar-refractivity contribution in [3.05, 3.63) is 65.0 Å². The van der Waals surface area contributed by atoms with E-state index < -0.39 is 0 Å². The van der Waals surface area contributed by atoms with E-state index >= 15 is 0 Å². The molecular weight excluding hydrogens is 258 g/mol. The number of pyridine rings is 1. The number of nitrogens with zero attached hydrogens (tertiary/aromatic N) is 2. The zero-order valence-electron chi connectivity index (χ0n) is 12.6. The zero-order chi connectivity index (χ0) is 14.8. The first-order chi connectivity index (χ1) is 10.2. The summed E-state index contributed by atoms with van der Waals surface area (Å²) in [6, 6.07) is 10.8. The molecule has 0 aliphatic heterocycles. The highest BCUT2D eigenvalue weighted by Gasteiger charge is 2.09. The fourth-order valence-corrected chi connectivity index (χ4v) is 3.03. The minimum Gasteiger partial charge on any atom is -0.330 e. The molecule has 0 aliphatic rings. The van der Waals surface area contributed by atoms with E-state index in [4.69, 9.17) is 5.73 Å². The third-order valence-corrected chi connectivity index (χ3v) is 3.76. The van der Waals surface area contributed by atoms with Gasteiger partial charge in [-0.15, -0.1) is 0 Å². The van der Waals surface area contributed by atoms with Crippen molar-refractivity contribution in [2.24, 2.45) is 5.73 Å². The first-order valence-corrected chi connectivity index (χ1v) is 7.37. The van der Waals surface area contributed by atoms with Crippen LogP contribution in [-0.2, 0) is 13.0 Å². The molecule has 3 aromatic rings. The normalized spacial score (nSPS) is 11.2. The standard InChI is InChI=1S/C18H21N3/c1-13-8-14(2)10-15(9-13)11-21-12-16(5-6-19)17-4-3-7-20-18(17)21/h3-4,7-10,12H,5-6,11,19H2,1-2H3. The molecule has 3 nitrogen and oxygen atoms in total. The van der Waals surface area contributed by atoms with Gasteiger partial charge in [-0.1, -0.05) is 29.3 Å². The second-order valence-corrected chi connectivity index (χ2v) is 5.69. The third-order valence-electron chi connectivity index (χ3n) is 3.76. The molecule has 0 saturated heterocycles. The molecule has 0 bridgehead atoms. The Kier molecular flexibility index (Phi) is 3.76. The van der Waals surface area contributed by atoms with Crippen LogP contribution in [0.5, 0.6) is 0 Å². The van der Waals surface area contributed by atoms with E-state index in [1.807, 2.05) is 12.3 Å². The van der Waals surface area contributed by atoms with Gasteiger partial charge in [0.1, 0.15) is 5.65 Å². The van der Waals surface area contributed by atoms with E-state index in [0.717, 1.165) is 18.6 Å². The van der Waals surface area contributed by atoms with Crippen molar-refractivity contribution in [2.45, 2.75) is 26.8 Å². The lowest BCUT2D eigenvalue weighted by Crippen LogP contribution is -2.02. The lowest BCUT2D eigenvalue weighted by Gasteiger charge is -2.07. The maximum absolute atomic E-state index is 5.72. The number of hydrogen-bond acceptors (Lipinski definition) is 2. The number of benzene rings is 1. The molecule has 2 aromatic heterocycles. The highest BCUT2D eigenvalue weighted by Crippen LogP contribution is 2.21. The van der Waals surface area contributed by atoms with Crippen LogP contribution in [0.4, 0.5) is 0 Å². The van der Waals surface area contributed by atoms with Gasteiger partial charge in [-0.3, -0.25) is 0 Å². The molecule has 2 N–H and O–H groups in total. The predicted octanol–water partition coefficient (Wildman–Crippen LogP) is 3.20. The smallest absolute Gasteiger partial charge is 0.140 e. The Balaban J connectivity index is 2.04. The predicted molar refractivity (Wildman–Crippen MR) is 87.5 cm³/mol. The van der Waals surface area contributed by atoms with Gasteiger partial charge in [0.2, 0.25) is 0 Å². The topological polar surface area (TPSA) is 43.8 Å². The monoisotopic (exact) mass is 279 g/mol. The van der Waals surface area contributed by atoms with Crippen LogP contribution < -0.4 is 5.73 Å². The van der Waals surface area contributed by atoms with Gasteiger partial charge in [-0.05, 0) is 50.1 Å². The van der Waals surface area contributed by atoms with Crippen molar-refractivity contribution in [3.8, 4) is 0 Å². The van der Waals surface area contributed by atoms with Crippen molar-refractivity contribution in [3.63, 3.8) is 0 Å². The summed E-state index contributed by atoms with van der Waals surface area (Å²) < 4.78 is 2.23. The van der Waals surface area contributed by atoms with E-state index in [-0.39, 0.29) is 0 Å². The largest absolute Gasteiger partial charge is 0.330 e. The lowest BCUT2D eigenvalue weighted by atomic mass is 10.1. The van der Waals surface area contributed by atoms with Gasteiger partial charge in [-0.25, -0.2) is 4.98 Å². The van der Waals surface area contributed by atoms with Gasteiger partial charge in [0.15, 0.2) is 0 Å². The molecule has 0 radical (unpaired) electrons. The summed E-state index contributed by atoms with van der Waals surface area (Å²) in [6.45, 7) is 5.79. The molecule has 0 atom stereocenters. The summed E-state index contributed by atoms with van der Waals surface area (Å²) >= 11 is 0. The van der Waals surface area contributed by atoms with E-state index in [2.05, 4.69) is 53.9 Å². The highest BCUT2D eigenvalue weighted by molar-refractivity contribution is 5.80. The fourth-order valence-electron chi connectivity index (χ4n) is 3.03. The SMILES string of the molecule is Cc1cc(C)cc(Cn2cc(CCN)c3cccnc32)c1. The van der Waals surface area contributed by atoms with Crippen molar-refractivity contribution in [2.75, 3.05) is 6.54 Å². The van der Waals surface area contributed by atoms with E-state index in [1.165, 1.54) is 27.6 Å². The Morgan fingerprint density at radius 3 is 2.62 bits per heavy atom. The molecule has 3 heteroatoms. The molecule has 1 aromatic carbocycles. The average molecular weight is 279 g/mol. The molecule has 0 amide bonds. The molecule has 108 valence electrons. The number of aromatic nitrogens is 2. The summed E-state index contributed by atoms with van der Waals surface area (Å²) in [7, 11) is 0. The van der Waals surface area contributed by atoms with Gasteiger partial charge >= 0.3 is 0 Å². The number of aryl methyl sites for hydroxylation is 2. The van der Waals surface area contributed by atoms with Crippen molar-refractivity contribution < 1.29 is 0 Å². The third kappa shape index (κ3) is 2.83. The quantitative estimate of drug-likeness (QED) is 0.797. The summed E-state index contributed by atoms with van der Waals surface area (Å²) in [5, 5.41) is 1.22. The van der Waals surface area contributed by atoms with Gasteiger partial charge in [0, 0.05) is 24.3 Å². The summed E-state index contributed by atoms with van der Waals surface area (Å²) in [5.74, 6) is 0. The van der Waals surface area contributed by atoms with Crippen LogP contribution in [0.25, 0.3) is 11.0 Å². The average Bonchev–Trinajstić information content (AvgIpc) is 2.77. The molecule has 0 fully saturated rings. The summed E-state index contributed by atoms with van der Waals surface area (Å²) in [4.78, 5) is 4.55. The number of fused-ring (bicyclic) bond motifs is 1. The van der Waals surface area contributed by atoms with Crippen molar-refractivity contribution in [1.82, 2.24) is 9.55 Å².